The van der Waals surface area contributed by atoms with Gasteiger partial charge in [0.05, 0.1) is 11.3 Å². The van der Waals surface area contributed by atoms with Crippen molar-refractivity contribution in [2.75, 3.05) is 5.73 Å². The Balaban J connectivity index is 1.43. The third-order valence-corrected chi connectivity index (χ3v) is 7.38. The van der Waals surface area contributed by atoms with Crippen molar-refractivity contribution in [3.63, 3.8) is 0 Å². The van der Waals surface area contributed by atoms with Gasteiger partial charge < -0.3 is 16.5 Å². The van der Waals surface area contributed by atoms with Gasteiger partial charge in [-0.2, -0.15) is 0 Å². The zero-order valence-electron chi connectivity index (χ0n) is 19.6. The summed E-state index contributed by atoms with van der Waals surface area (Å²) in [5.74, 6) is 1.14. The van der Waals surface area contributed by atoms with Crippen LogP contribution in [0.4, 0.5) is 5.82 Å². The fourth-order valence-corrected chi connectivity index (χ4v) is 5.15. The minimum absolute atomic E-state index is 0.214. The van der Waals surface area contributed by atoms with Gasteiger partial charge in [-0.25, -0.2) is 15.0 Å². The van der Waals surface area contributed by atoms with E-state index in [1.165, 1.54) is 6.42 Å². The van der Waals surface area contributed by atoms with Gasteiger partial charge in [-0.3, -0.25) is 4.57 Å². The van der Waals surface area contributed by atoms with Crippen LogP contribution in [0.3, 0.4) is 0 Å². The Kier molecular flexibility index (Phi) is 4.49. The number of hydrogen-bond acceptors (Lipinski definition) is 5. The number of benzene rings is 2. The summed E-state index contributed by atoms with van der Waals surface area (Å²) in [4.78, 5) is 17.6. The molecule has 176 valence electrons. The summed E-state index contributed by atoms with van der Waals surface area (Å²) < 4.78 is 2.06. The maximum atomic E-state index is 6.58. The first kappa shape index (κ1) is 20.8. The van der Waals surface area contributed by atoms with E-state index in [9.17, 15) is 0 Å². The van der Waals surface area contributed by atoms with Crippen molar-refractivity contribution in [3.8, 4) is 28.3 Å². The molecule has 7 rings (SSSR count). The van der Waals surface area contributed by atoms with E-state index in [-0.39, 0.29) is 5.54 Å². The van der Waals surface area contributed by atoms with Gasteiger partial charge in [0, 0.05) is 40.1 Å². The first-order chi connectivity index (χ1) is 17.6. The van der Waals surface area contributed by atoms with E-state index in [1.54, 1.807) is 6.20 Å². The van der Waals surface area contributed by atoms with Crippen LogP contribution in [0.5, 0.6) is 0 Å². The van der Waals surface area contributed by atoms with Crippen LogP contribution >= 0.6 is 0 Å². The van der Waals surface area contributed by atoms with Gasteiger partial charge in [0.2, 0.25) is 0 Å². The number of imidazole rings is 1. The molecule has 36 heavy (non-hydrogen) atoms. The first-order valence-electron chi connectivity index (χ1n) is 12.2. The highest BCUT2D eigenvalue weighted by Crippen LogP contribution is 2.39. The quantitative estimate of drug-likeness (QED) is 0.312. The summed E-state index contributed by atoms with van der Waals surface area (Å²) in [6, 6.07) is 24.7. The Labute approximate surface area is 207 Å². The van der Waals surface area contributed by atoms with Crippen LogP contribution in [0.2, 0.25) is 0 Å². The fourth-order valence-electron chi connectivity index (χ4n) is 5.15. The Morgan fingerprint density at radius 3 is 2.56 bits per heavy atom. The van der Waals surface area contributed by atoms with Crippen molar-refractivity contribution in [2.45, 2.75) is 24.8 Å². The van der Waals surface area contributed by atoms with Crippen LogP contribution in [0.1, 0.15) is 24.8 Å². The summed E-state index contributed by atoms with van der Waals surface area (Å²) in [6.45, 7) is 0. The van der Waals surface area contributed by atoms with Crippen LogP contribution in [0.25, 0.3) is 50.4 Å². The maximum absolute atomic E-state index is 6.58. The van der Waals surface area contributed by atoms with Gasteiger partial charge in [-0.1, -0.05) is 18.2 Å². The van der Waals surface area contributed by atoms with E-state index in [4.69, 9.17) is 21.4 Å². The van der Waals surface area contributed by atoms with Crippen LogP contribution < -0.4 is 11.5 Å². The minimum Gasteiger partial charge on any atom is -0.383 e. The summed E-state index contributed by atoms with van der Waals surface area (Å²) in [5, 5.41) is 1.15. The number of rotatable bonds is 4. The van der Waals surface area contributed by atoms with E-state index in [0.29, 0.717) is 11.6 Å². The number of nitrogens with zero attached hydrogens (tertiary/aromatic N) is 4. The molecule has 2 aromatic carbocycles. The average Bonchev–Trinajstić information content (AvgIpc) is 3.51. The zero-order valence-corrected chi connectivity index (χ0v) is 19.6. The predicted octanol–water partition coefficient (Wildman–Crippen LogP) is 5.55. The fraction of sp³-hybridized carbons (Fsp3) is 0.138. The second-order valence-corrected chi connectivity index (χ2v) is 9.58. The molecule has 7 nitrogen and oxygen atoms in total. The van der Waals surface area contributed by atoms with Gasteiger partial charge >= 0.3 is 0 Å². The Hall–Kier alpha value is -4.49. The van der Waals surface area contributed by atoms with E-state index in [0.717, 1.165) is 63.0 Å². The summed E-state index contributed by atoms with van der Waals surface area (Å²) in [7, 11) is 0. The van der Waals surface area contributed by atoms with Crippen LogP contribution in [-0.4, -0.2) is 24.5 Å². The van der Waals surface area contributed by atoms with E-state index >= 15 is 0 Å². The third-order valence-electron chi connectivity index (χ3n) is 7.38. The lowest BCUT2D eigenvalue weighted by Crippen LogP contribution is -2.43. The lowest BCUT2D eigenvalue weighted by molar-refractivity contribution is 0.253. The second-order valence-electron chi connectivity index (χ2n) is 9.58. The number of H-pyrrole nitrogens is 1. The number of fused-ring (bicyclic) bond motifs is 2. The standard InChI is InChI=1S/C29H25N7/c30-26-22(3-1-15-33-26)27-35-25-11-10-24(18-4-9-23-19(17-18)12-16-32-23)34-28(25)36(27)21-7-5-20(6-8-21)29(31)13-2-14-29/h1,3-12,15-17,32H,2,13-14,31H2,(H2,30,33). The molecule has 0 amide bonds. The molecule has 1 fully saturated rings. The molecule has 0 radical (unpaired) electrons. The normalized spacial score (nSPS) is 14.8. The SMILES string of the molecule is Nc1ncccc1-c1nc2ccc(-c3ccc4[nH]ccc4c3)nc2n1-c1ccc(C2(N)CCC2)cc1. The van der Waals surface area contributed by atoms with Crippen molar-refractivity contribution >= 4 is 27.9 Å². The number of nitrogens with two attached hydrogens (primary N) is 2. The maximum Gasteiger partial charge on any atom is 0.165 e. The molecule has 4 heterocycles. The Bertz CT molecular complexity index is 1740. The molecule has 0 atom stereocenters. The number of nitrogens with one attached hydrogen (secondary N) is 1. The molecule has 7 heteroatoms. The highest BCUT2D eigenvalue weighted by atomic mass is 15.1. The van der Waals surface area contributed by atoms with E-state index in [2.05, 4.69) is 63.1 Å². The molecule has 4 aromatic heterocycles. The average molecular weight is 472 g/mol. The smallest absolute Gasteiger partial charge is 0.165 e. The van der Waals surface area contributed by atoms with Gasteiger partial charge in [-0.15, -0.1) is 0 Å². The van der Waals surface area contributed by atoms with E-state index in [1.807, 2.05) is 30.5 Å². The van der Waals surface area contributed by atoms with Crippen LogP contribution in [0.15, 0.2) is 85.2 Å². The van der Waals surface area contributed by atoms with Crippen LogP contribution in [0, 0.1) is 0 Å². The largest absolute Gasteiger partial charge is 0.383 e. The Morgan fingerprint density at radius 2 is 1.78 bits per heavy atom. The number of hydrogen-bond donors (Lipinski definition) is 3. The molecule has 0 aliphatic heterocycles. The molecule has 0 unspecified atom stereocenters. The van der Waals surface area contributed by atoms with Crippen molar-refractivity contribution in [2.24, 2.45) is 5.73 Å². The molecular weight excluding hydrogens is 446 g/mol. The highest BCUT2D eigenvalue weighted by Gasteiger charge is 2.34. The summed E-state index contributed by atoms with van der Waals surface area (Å²) >= 11 is 0. The molecular formula is C29H25N7. The number of aromatic amines is 1. The lowest BCUT2D eigenvalue weighted by Gasteiger charge is -2.38. The molecule has 1 aliphatic carbocycles. The van der Waals surface area contributed by atoms with E-state index < -0.39 is 0 Å². The first-order valence-corrected chi connectivity index (χ1v) is 12.2. The van der Waals surface area contributed by atoms with Gasteiger partial charge in [-0.05, 0) is 79.4 Å². The van der Waals surface area contributed by atoms with Crippen molar-refractivity contribution in [1.82, 2.24) is 24.5 Å². The highest BCUT2D eigenvalue weighted by molar-refractivity contribution is 5.87. The van der Waals surface area contributed by atoms with Gasteiger partial charge in [0.25, 0.3) is 0 Å². The molecule has 6 aromatic rings. The van der Waals surface area contributed by atoms with Crippen molar-refractivity contribution in [1.29, 1.82) is 0 Å². The minimum atomic E-state index is -0.214. The van der Waals surface area contributed by atoms with Crippen LogP contribution in [-0.2, 0) is 5.54 Å². The molecule has 0 saturated heterocycles. The second kappa shape index (κ2) is 7.76. The monoisotopic (exact) mass is 471 g/mol. The summed E-state index contributed by atoms with van der Waals surface area (Å²) in [6.07, 6.45) is 6.86. The number of nitrogen functional groups attached to an aromatic ring is 1. The number of anilines is 1. The number of aromatic nitrogens is 5. The number of pyridine rings is 2. The molecule has 0 bridgehead atoms. The lowest BCUT2D eigenvalue weighted by atomic mass is 9.73. The van der Waals surface area contributed by atoms with Gasteiger partial charge in [0.1, 0.15) is 11.3 Å². The Morgan fingerprint density at radius 1 is 0.917 bits per heavy atom. The summed E-state index contributed by atoms with van der Waals surface area (Å²) in [5.41, 5.74) is 20.1. The van der Waals surface area contributed by atoms with Crippen molar-refractivity contribution < 1.29 is 0 Å². The molecule has 1 saturated carbocycles. The molecule has 5 N–H and O–H groups in total. The molecule has 1 aliphatic rings. The van der Waals surface area contributed by atoms with Crippen molar-refractivity contribution in [3.05, 3.63) is 90.8 Å². The third kappa shape index (κ3) is 3.21. The van der Waals surface area contributed by atoms with Gasteiger partial charge in [0.15, 0.2) is 11.5 Å². The zero-order chi connectivity index (χ0) is 24.3. The predicted molar refractivity (Wildman–Crippen MR) is 144 cm³/mol. The molecule has 0 spiro atoms. The topological polar surface area (TPSA) is 111 Å².